The Bertz CT molecular complexity index is 469. The van der Waals surface area contributed by atoms with Gasteiger partial charge in [0.15, 0.2) is 5.69 Å². The number of esters is 1. The highest BCUT2D eigenvalue weighted by molar-refractivity contribution is 5.87. The molecule has 1 saturated carbocycles. The van der Waals surface area contributed by atoms with Crippen LogP contribution in [0.2, 0.25) is 0 Å². The van der Waals surface area contributed by atoms with E-state index < -0.39 is 5.97 Å². The molecule has 0 bridgehead atoms. The lowest BCUT2D eigenvalue weighted by molar-refractivity contribution is 0.0519. The lowest BCUT2D eigenvalue weighted by atomic mass is 9.78. The molecule has 1 aromatic heterocycles. The quantitative estimate of drug-likeness (QED) is 0.795. The molecule has 5 nitrogen and oxygen atoms in total. The summed E-state index contributed by atoms with van der Waals surface area (Å²) in [6.07, 6.45) is 9.05. The minimum atomic E-state index is -0.403. The number of carbonyl (C=O) groups is 1. The van der Waals surface area contributed by atoms with Gasteiger partial charge in [0.05, 0.1) is 6.61 Å². The number of aromatic nitrogens is 1. The van der Waals surface area contributed by atoms with E-state index in [-0.39, 0.29) is 5.69 Å². The Balaban J connectivity index is 1.76. The molecule has 2 fully saturated rings. The van der Waals surface area contributed by atoms with E-state index in [0.29, 0.717) is 18.7 Å². The molecule has 1 aromatic rings. The summed E-state index contributed by atoms with van der Waals surface area (Å²) < 4.78 is 10.5. The van der Waals surface area contributed by atoms with E-state index in [1.54, 1.807) is 6.92 Å². The maximum atomic E-state index is 11.7. The second-order valence-corrected chi connectivity index (χ2v) is 5.68. The highest BCUT2D eigenvalue weighted by atomic mass is 16.5. The number of fused-ring (bicyclic) bond motifs is 1. The number of rotatable bonds is 3. The molecule has 3 rings (SSSR count). The number of hydrogen-bond donors (Lipinski definition) is 0. The monoisotopic (exact) mass is 278 g/mol. The summed E-state index contributed by atoms with van der Waals surface area (Å²) in [5.74, 6) is 0.357. The maximum Gasteiger partial charge on any atom is 0.360 e. The third-order valence-electron chi connectivity index (χ3n) is 4.47. The van der Waals surface area contributed by atoms with Crippen molar-refractivity contribution in [1.82, 2.24) is 4.98 Å². The molecule has 0 N–H and O–H groups in total. The summed E-state index contributed by atoms with van der Waals surface area (Å²) in [4.78, 5) is 18.2. The molecule has 2 atom stereocenters. The van der Waals surface area contributed by atoms with Crippen molar-refractivity contribution in [3.63, 3.8) is 0 Å². The molecule has 2 aliphatic rings. The highest BCUT2D eigenvalue weighted by Gasteiger charge is 2.35. The van der Waals surface area contributed by atoms with Crippen LogP contribution in [0.1, 0.15) is 55.9 Å². The molecule has 5 heteroatoms. The maximum absolute atomic E-state index is 11.7. The second kappa shape index (κ2) is 5.85. The van der Waals surface area contributed by atoms with Crippen LogP contribution < -0.4 is 4.90 Å². The van der Waals surface area contributed by atoms with Crippen LogP contribution in [0.25, 0.3) is 0 Å². The van der Waals surface area contributed by atoms with Crippen molar-refractivity contribution in [2.45, 2.75) is 51.5 Å². The lowest BCUT2D eigenvalue weighted by Crippen LogP contribution is -2.47. The van der Waals surface area contributed by atoms with Gasteiger partial charge in [-0.25, -0.2) is 4.79 Å². The van der Waals surface area contributed by atoms with Crippen molar-refractivity contribution in [3.8, 4) is 0 Å². The smallest absolute Gasteiger partial charge is 0.360 e. The van der Waals surface area contributed by atoms with Gasteiger partial charge in [-0.05, 0) is 38.5 Å². The van der Waals surface area contributed by atoms with Crippen molar-refractivity contribution < 1.29 is 13.9 Å². The largest absolute Gasteiger partial charge is 0.461 e. The topological polar surface area (TPSA) is 55.6 Å². The summed E-state index contributed by atoms with van der Waals surface area (Å²) in [5, 5.41) is 0. The first-order valence-corrected chi connectivity index (χ1v) is 7.69. The fraction of sp³-hybridized carbons (Fsp3) is 0.733. The Morgan fingerprint density at radius 3 is 3.05 bits per heavy atom. The molecule has 2 unspecified atom stereocenters. The zero-order valence-corrected chi connectivity index (χ0v) is 12.0. The molecule has 1 saturated heterocycles. The molecular formula is C15H22N2O3. The van der Waals surface area contributed by atoms with Crippen LogP contribution in [-0.4, -0.2) is 30.1 Å². The molecule has 1 aliphatic heterocycles. The highest BCUT2D eigenvalue weighted by Crippen LogP contribution is 2.37. The molecule has 1 aliphatic carbocycles. The van der Waals surface area contributed by atoms with Gasteiger partial charge in [-0.15, -0.1) is 0 Å². The van der Waals surface area contributed by atoms with E-state index in [9.17, 15) is 4.79 Å². The van der Waals surface area contributed by atoms with Crippen molar-refractivity contribution in [2.24, 2.45) is 5.92 Å². The number of oxazole rings is 1. The number of carbonyl (C=O) groups excluding carboxylic acids is 1. The van der Waals surface area contributed by atoms with Crippen LogP contribution in [-0.2, 0) is 4.74 Å². The van der Waals surface area contributed by atoms with E-state index >= 15 is 0 Å². The first-order chi connectivity index (χ1) is 9.79. The average Bonchev–Trinajstić information content (AvgIpc) is 2.97. The van der Waals surface area contributed by atoms with Crippen molar-refractivity contribution in [3.05, 3.63) is 12.0 Å². The summed E-state index contributed by atoms with van der Waals surface area (Å²) in [6, 6.07) is 1.12. The third kappa shape index (κ3) is 2.53. The van der Waals surface area contributed by atoms with Gasteiger partial charge in [-0.2, -0.15) is 4.98 Å². The zero-order valence-electron chi connectivity index (χ0n) is 12.0. The zero-order chi connectivity index (χ0) is 13.9. The van der Waals surface area contributed by atoms with E-state index in [1.807, 2.05) is 0 Å². The van der Waals surface area contributed by atoms with E-state index in [4.69, 9.17) is 9.15 Å². The fourth-order valence-corrected chi connectivity index (χ4v) is 3.56. The van der Waals surface area contributed by atoms with E-state index in [1.165, 1.54) is 44.8 Å². The van der Waals surface area contributed by atoms with Gasteiger partial charge in [-0.3, -0.25) is 0 Å². The van der Waals surface area contributed by atoms with Gasteiger partial charge >= 0.3 is 5.97 Å². The molecule has 2 heterocycles. The van der Waals surface area contributed by atoms with Gasteiger partial charge in [0.2, 0.25) is 0 Å². The normalized spacial score (nSPS) is 26.1. The summed E-state index contributed by atoms with van der Waals surface area (Å²) in [5.41, 5.74) is 0.278. The molecule has 20 heavy (non-hydrogen) atoms. The van der Waals surface area contributed by atoms with Gasteiger partial charge in [0.25, 0.3) is 6.01 Å². The Morgan fingerprint density at radius 1 is 1.40 bits per heavy atom. The third-order valence-corrected chi connectivity index (χ3v) is 4.47. The molecule has 110 valence electrons. The number of ether oxygens (including phenoxy) is 1. The Hall–Kier alpha value is -1.52. The van der Waals surface area contributed by atoms with Crippen LogP contribution >= 0.6 is 0 Å². The summed E-state index contributed by atoms with van der Waals surface area (Å²) in [7, 11) is 0. The molecule has 0 radical (unpaired) electrons. The first-order valence-electron chi connectivity index (χ1n) is 7.69. The van der Waals surface area contributed by atoms with E-state index in [0.717, 1.165) is 12.5 Å². The summed E-state index contributed by atoms with van der Waals surface area (Å²) in [6.45, 7) is 3.12. The standard InChI is InChI=1S/C15H22N2O3/c1-2-19-14(18)12-10-20-15(16-12)17-9-5-7-11-6-3-4-8-13(11)17/h10-11,13H,2-9H2,1H3. The van der Waals surface area contributed by atoms with E-state index in [2.05, 4.69) is 9.88 Å². The Kier molecular flexibility index (Phi) is 3.94. The average molecular weight is 278 g/mol. The molecular weight excluding hydrogens is 256 g/mol. The molecule has 0 spiro atoms. The van der Waals surface area contributed by atoms with Gasteiger partial charge in [0, 0.05) is 12.6 Å². The first kappa shape index (κ1) is 13.5. The number of anilines is 1. The molecule has 0 amide bonds. The van der Waals surface area contributed by atoms with Crippen LogP contribution in [0.3, 0.4) is 0 Å². The fourth-order valence-electron chi connectivity index (χ4n) is 3.56. The predicted molar refractivity (Wildman–Crippen MR) is 74.8 cm³/mol. The van der Waals surface area contributed by atoms with Crippen molar-refractivity contribution in [1.29, 1.82) is 0 Å². The number of piperidine rings is 1. The minimum Gasteiger partial charge on any atom is -0.461 e. The SMILES string of the molecule is CCOC(=O)c1coc(N2CCCC3CCCCC32)n1. The lowest BCUT2D eigenvalue weighted by Gasteiger charge is -2.43. The Labute approximate surface area is 119 Å². The van der Waals surface area contributed by atoms with Crippen LogP contribution in [0.5, 0.6) is 0 Å². The predicted octanol–water partition coefficient (Wildman–Crippen LogP) is 3.01. The second-order valence-electron chi connectivity index (χ2n) is 5.68. The Morgan fingerprint density at radius 2 is 2.20 bits per heavy atom. The van der Waals surface area contributed by atoms with Crippen molar-refractivity contribution in [2.75, 3.05) is 18.1 Å². The summed E-state index contributed by atoms with van der Waals surface area (Å²) >= 11 is 0. The van der Waals surface area contributed by atoms with Gasteiger partial charge in [-0.1, -0.05) is 12.8 Å². The van der Waals surface area contributed by atoms with Crippen LogP contribution in [0.15, 0.2) is 10.7 Å². The minimum absolute atomic E-state index is 0.278. The van der Waals surface area contributed by atoms with Gasteiger partial charge < -0.3 is 14.1 Å². The number of nitrogens with zero attached hydrogens (tertiary/aromatic N) is 2. The van der Waals surface area contributed by atoms with Crippen molar-refractivity contribution >= 4 is 12.0 Å². The van der Waals surface area contributed by atoms with Crippen LogP contribution in [0, 0.1) is 5.92 Å². The van der Waals surface area contributed by atoms with Gasteiger partial charge in [0.1, 0.15) is 6.26 Å². The van der Waals surface area contributed by atoms with Crippen LogP contribution in [0.4, 0.5) is 6.01 Å². The number of hydrogen-bond acceptors (Lipinski definition) is 5. The molecule has 0 aromatic carbocycles.